The Labute approximate surface area is 143 Å². The lowest BCUT2D eigenvalue weighted by Gasteiger charge is -2.10. The Kier molecular flexibility index (Phi) is 3.43. The first-order chi connectivity index (χ1) is 12.1. The van der Waals surface area contributed by atoms with E-state index in [2.05, 4.69) is 10.3 Å². The van der Waals surface area contributed by atoms with E-state index < -0.39 is 4.92 Å². The summed E-state index contributed by atoms with van der Waals surface area (Å²) in [7, 11) is 0. The summed E-state index contributed by atoms with van der Waals surface area (Å²) in [4.78, 5) is 15.0. The molecule has 0 aliphatic rings. The van der Waals surface area contributed by atoms with E-state index in [4.69, 9.17) is 5.73 Å². The average Bonchev–Trinajstić information content (AvgIpc) is 2.62. The van der Waals surface area contributed by atoms with Crippen molar-refractivity contribution >= 4 is 44.6 Å². The summed E-state index contributed by atoms with van der Waals surface area (Å²) < 4.78 is 0. The number of non-ortho nitro benzene ring substituents is 1. The number of pyridine rings is 1. The van der Waals surface area contributed by atoms with Gasteiger partial charge in [-0.05, 0) is 36.4 Å². The van der Waals surface area contributed by atoms with Crippen molar-refractivity contribution in [2.24, 2.45) is 0 Å². The van der Waals surface area contributed by atoms with Gasteiger partial charge >= 0.3 is 0 Å². The molecule has 1 aromatic heterocycles. The van der Waals surface area contributed by atoms with Crippen LogP contribution in [0.3, 0.4) is 0 Å². The van der Waals surface area contributed by atoms with Crippen molar-refractivity contribution in [3.8, 4) is 0 Å². The number of nitro groups is 1. The molecule has 3 N–H and O–H groups in total. The molecule has 0 amide bonds. The number of anilines is 3. The maximum absolute atomic E-state index is 10.7. The van der Waals surface area contributed by atoms with Crippen LogP contribution in [-0.2, 0) is 0 Å². The average molecular weight is 330 g/mol. The molecule has 0 saturated heterocycles. The van der Waals surface area contributed by atoms with E-state index in [1.165, 1.54) is 12.1 Å². The summed E-state index contributed by atoms with van der Waals surface area (Å²) in [6.45, 7) is 0. The molecule has 0 bridgehead atoms. The molecule has 0 saturated carbocycles. The van der Waals surface area contributed by atoms with Crippen LogP contribution >= 0.6 is 0 Å². The molecule has 3 aromatic carbocycles. The van der Waals surface area contributed by atoms with Crippen molar-refractivity contribution < 1.29 is 4.92 Å². The van der Waals surface area contributed by atoms with Gasteiger partial charge in [-0.15, -0.1) is 0 Å². The van der Waals surface area contributed by atoms with E-state index >= 15 is 0 Å². The molecule has 6 heteroatoms. The van der Waals surface area contributed by atoms with Crippen molar-refractivity contribution in [3.63, 3.8) is 0 Å². The molecule has 0 aliphatic carbocycles. The molecule has 0 aliphatic heterocycles. The number of nitrogen functional groups attached to an aromatic ring is 1. The molecular weight excluding hydrogens is 316 g/mol. The quantitative estimate of drug-likeness (QED) is 0.325. The lowest BCUT2D eigenvalue weighted by Crippen LogP contribution is -1.95. The van der Waals surface area contributed by atoms with Crippen LogP contribution in [0, 0.1) is 10.1 Å². The number of nitrogens with two attached hydrogens (primary N) is 1. The van der Waals surface area contributed by atoms with E-state index in [1.807, 2.05) is 42.5 Å². The van der Waals surface area contributed by atoms with Gasteiger partial charge in [0.05, 0.1) is 21.6 Å². The van der Waals surface area contributed by atoms with Crippen LogP contribution in [0.1, 0.15) is 0 Å². The molecule has 122 valence electrons. The number of rotatable bonds is 3. The smallest absolute Gasteiger partial charge is 0.269 e. The Morgan fingerprint density at radius 1 is 0.880 bits per heavy atom. The third kappa shape index (κ3) is 2.70. The fourth-order valence-corrected chi connectivity index (χ4v) is 2.84. The van der Waals surface area contributed by atoms with Crippen LogP contribution in [0.5, 0.6) is 0 Å². The third-order valence-corrected chi connectivity index (χ3v) is 4.09. The second-order valence-electron chi connectivity index (χ2n) is 5.70. The number of para-hydroxylation sites is 1. The second kappa shape index (κ2) is 5.76. The highest BCUT2D eigenvalue weighted by atomic mass is 16.6. The summed E-state index contributed by atoms with van der Waals surface area (Å²) in [5, 5.41) is 15.8. The van der Waals surface area contributed by atoms with Crippen molar-refractivity contribution in [2.75, 3.05) is 11.1 Å². The monoisotopic (exact) mass is 330 g/mol. The molecule has 1 heterocycles. The number of nitro benzene ring substituents is 1. The van der Waals surface area contributed by atoms with E-state index in [0.29, 0.717) is 5.69 Å². The van der Waals surface area contributed by atoms with Crippen molar-refractivity contribution in [1.82, 2.24) is 4.98 Å². The number of fused-ring (bicyclic) bond motifs is 2. The van der Waals surface area contributed by atoms with Gasteiger partial charge < -0.3 is 11.1 Å². The van der Waals surface area contributed by atoms with E-state index in [9.17, 15) is 10.1 Å². The minimum absolute atomic E-state index is 0.0602. The lowest BCUT2D eigenvalue weighted by atomic mass is 10.1. The minimum Gasteiger partial charge on any atom is -0.398 e. The Morgan fingerprint density at radius 3 is 2.32 bits per heavy atom. The van der Waals surface area contributed by atoms with Gasteiger partial charge in [0.1, 0.15) is 0 Å². The zero-order chi connectivity index (χ0) is 17.4. The first kappa shape index (κ1) is 14.9. The van der Waals surface area contributed by atoms with Gasteiger partial charge in [0.15, 0.2) is 0 Å². The number of aromatic nitrogens is 1. The van der Waals surface area contributed by atoms with Gasteiger partial charge in [0, 0.05) is 34.3 Å². The van der Waals surface area contributed by atoms with Gasteiger partial charge in [0.2, 0.25) is 0 Å². The van der Waals surface area contributed by atoms with Crippen molar-refractivity contribution in [3.05, 3.63) is 76.8 Å². The predicted octanol–water partition coefficient (Wildman–Crippen LogP) is 4.62. The number of hydrogen-bond donors (Lipinski definition) is 2. The highest BCUT2D eigenvalue weighted by Crippen LogP contribution is 2.30. The third-order valence-electron chi connectivity index (χ3n) is 4.09. The van der Waals surface area contributed by atoms with Gasteiger partial charge in [-0.2, -0.15) is 0 Å². The normalized spacial score (nSPS) is 10.9. The number of nitrogens with zero attached hydrogens (tertiary/aromatic N) is 2. The van der Waals surface area contributed by atoms with Crippen LogP contribution in [-0.4, -0.2) is 9.91 Å². The summed E-state index contributed by atoms with van der Waals surface area (Å²) in [5.41, 5.74) is 10.3. The fraction of sp³-hybridized carbons (Fsp3) is 0. The predicted molar refractivity (Wildman–Crippen MR) is 100 cm³/mol. The first-order valence-corrected chi connectivity index (χ1v) is 7.71. The van der Waals surface area contributed by atoms with E-state index in [1.54, 1.807) is 12.1 Å². The van der Waals surface area contributed by atoms with E-state index in [-0.39, 0.29) is 5.69 Å². The number of benzene rings is 3. The van der Waals surface area contributed by atoms with E-state index in [0.717, 1.165) is 33.2 Å². The maximum Gasteiger partial charge on any atom is 0.269 e. The molecule has 25 heavy (non-hydrogen) atoms. The topological polar surface area (TPSA) is 94.1 Å². The molecule has 0 unspecified atom stereocenters. The largest absolute Gasteiger partial charge is 0.398 e. The Balaban J connectivity index is 1.73. The Morgan fingerprint density at radius 2 is 1.56 bits per heavy atom. The molecule has 0 radical (unpaired) electrons. The summed E-state index contributed by atoms with van der Waals surface area (Å²) in [6.07, 6.45) is 0. The van der Waals surface area contributed by atoms with Crippen LogP contribution in [0.25, 0.3) is 21.8 Å². The maximum atomic E-state index is 10.7. The molecule has 0 spiro atoms. The Hall–Kier alpha value is -3.67. The van der Waals surface area contributed by atoms with Crippen LogP contribution in [0.15, 0.2) is 66.7 Å². The minimum atomic E-state index is -0.419. The highest BCUT2D eigenvalue weighted by molar-refractivity contribution is 6.06. The Bertz CT molecular complexity index is 1110. The molecule has 0 fully saturated rings. The molecule has 6 nitrogen and oxygen atoms in total. The zero-order valence-corrected chi connectivity index (χ0v) is 13.1. The van der Waals surface area contributed by atoms with Gasteiger partial charge in [-0.25, -0.2) is 4.98 Å². The highest BCUT2D eigenvalue weighted by Gasteiger charge is 2.08. The van der Waals surface area contributed by atoms with Gasteiger partial charge in [0.25, 0.3) is 5.69 Å². The molecule has 4 aromatic rings. The first-order valence-electron chi connectivity index (χ1n) is 7.71. The summed E-state index contributed by atoms with van der Waals surface area (Å²) in [6, 6.07) is 19.8. The summed E-state index contributed by atoms with van der Waals surface area (Å²) >= 11 is 0. The lowest BCUT2D eigenvalue weighted by molar-refractivity contribution is -0.384. The van der Waals surface area contributed by atoms with Crippen molar-refractivity contribution in [2.45, 2.75) is 0 Å². The van der Waals surface area contributed by atoms with Crippen LogP contribution in [0.4, 0.5) is 22.7 Å². The van der Waals surface area contributed by atoms with Crippen LogP contribution in [0.2, 0.25) is 0 Å². The second-order valence-corrected chi connectivity index (χ2v) is 5.70. The van der Waals surface area contributed by atoms with Gasteiger partial charge in [-0.1, -0.05) is 18.2 Å². The molecule has 4 rings (SSSR count). The zero-order valence-electron chi connectivity index (χ0n) is 13.1. The molecule has 0 atom stereocenters. The molecular formula is C19H14N4O2. The standard InChI is InChI=1S/C19H14N4O2/c20-19-15-3-1-2-4-17(15)22-18-11-13(7-10-16(18)19)21-12-5-8-14(9-6-12)23(24)25/h1-11,21H,(H2,20,22). The van der Waals surface area contributed by atoms with Crippen molar-refractivity contribution in [1.29, 1.82) is 0 Å². The SMILES string of the molecule is Nc1c2ccccc2nc2cc(Nc3ccc([N+](=O)[O-])cc3)ccc12. The fourth-order valence-electron chi connectivity index (χ4n) is 2.84. The number of hydrogen-bond acceptors (Lipinski definition) is 5. The number of nitrogens with one attached hydrogen (secondary N) is 1. The van der Waals surface area contributed by atoms with Gasteiger partial charge in [-0.3, -0.25) is 10.1 Å². The van der Waals surface area contributed by atoms with Crippen LogP contribution < -0.4 is 11.1 Å². The summed E-state index contributed by atoms with van der Waals surface area (Å²) in [5.74, 6) is 0.